The summed E-state index contributed by atoms with van der Waals surface area (Å²) in [5.74, 6) is 0. The Bertz CT molecular complexity index is 394. The van der Waals surface area contributed by atoms with Gasteiger partial charge >= 0.3 is 0 Å². The highest BCUT2D eigenvalue weighted by Gasteiger charge is 2.37. The van der Waals surface area contributed by atoms with Crippen LogP contribution in [0.4, 0.5) is 0 Å². The van der Waals surface area contributed by atoms with E-state index in [2.05, 4.69) is 44.9 Å². The third kappa shape index (κ3) is 1.96. The Morgan fingerprint density at radius 3 is 2.72 bits per heavy atom. The average molecular weight is 249 g/mol. The minimum Gasteiger partial charge on any atom is -0.310 e. The molecule has 2 atom stereocenters. The topological polar surface area (TPSA) is 36.3 Å². The van der Waals surface area contributed by atoms with Gasteiger partial charge in [0, 0.05) is 51.5 Å². The van der Waals surface area contributed by atoms with Crippen molar-refractivity contribution in [1.82, 2.24) is 24.9 Å². The Morgan fingerprint density at radius 2 is 2.17 bits per heavy atom. The molecule has 18 heavy (non-hydrogen) atoms. The van der Waals surface area contributed by atoms with Crippen molar-refractivity contribution >= 4 is 0 Å². The number of nitrogens with zero attached hydrogens (tertiary/aromatic N) is 4. The molecule has 0 aliphatic carbocycles. The Kier molecular flexibility index (Phi) is 3.37. The van der Waals surface area contributed by atoms with E-state index >= 15 is 0 Å². The molecule has 5 nitrogen and oxygen atoms in total. The van der Waals surface area contributed by atoms with Gasteiger partial charge in [-0.1, -0.05) is 0 Å². The maximum Gasteiger partial charge on any atom is 0.0660 e. The van der Waals surface area contributed by atoms with Crippen LogP contribution in [-0.4, -0.2) is 65.4 Å². The van der Waals surface area contributed by atoms with Crippen LogP contribution in [0, 0.1) is 0 Å². The zero-order valence-corrected chi connectivity index (χ0v) is 11.3. The van der Waals surface area contributed by atoms with Crippen LogP contribution in [0.1, 0.15) is 18.7 Å². The normalized spacial score (nSPS) is 32.7. The van der Waals surface area contributed by atoms with Crippen molar-refractivity contribution in [2.45, 2.75) is 25.6 Å². The second-order valence-corrected chi connectivity index (χ2v) is 5.24. The number of aryl methyl sites for hydroxylation is 1. The smallest absolute Gasteiger partial charge is 0.0660 e. The molecule has 3 fully saturated rings. The molecule has 2 unspecified atom stereocenters. The van der Waals surface area contributed by atoms with Gasteiger partial charge in [0.25, 0.3) is 0 Å². The molecule has 4 rings (SSSR count). The zero-order valence-electron chi connectivity index (χ0n) is 11.3. The number of fused-ring (bicyclic) bond motifs is 3. The number of hydrogen-bond acceptors (Lipinski definition) is 4. The number of likely N-dealkylation sites (N-methyl/N-ethyl adjacent to an activating group) is 1. The van der Waals surface area contributed by atoms with E-state index in [0.717, 1.165) is 6.54 Å². The quantitative estimate of drug-likeness (QED) is 0.825. The van der Waals surface area contributed by atoms with Gasteiger partial charge in [0.2, 0.25) is 0 Å². The SMILES string of the molecule is CCn1nccc1C(NC)C1CN2CCN1CC2. The lowest BCUT2D eigenvalue weighted by Crippen LogP contribution is -2.63. The first-order chi connectivity index (χ1) is 8.83. The highest BCUT2D eigenvalue weighted by Crippen LogP contribution is 2.26. The summed E-state index contributed by atoms with van der Waals surface area (Å²) in [6.07, 6.45) is 1.92. The van der Waals surface area contributed by atoms with Crippen LogP contribution in [0.25, 0.3) is 0 Å². The van der Waals surface area contributed by atoms with E-state index in [0.29, 0.717) is 12.1 Å². The summed E-state index contributed by atoms with van der Waals surface area (Å²) in [6, 6.07) is 3.12. The summed E-state index contributed by atoms with van der Waals surface area (Å²) in [5.41, 5.74) is 1.32. The molecule has 0 aromatic carbocycles. The fourth-order valence-electron chi connectivity index (χ4n) is 3.38. The van der Waals surface area contributed by atoms with E-state index in [1.54, 1.807) is 0 Å². The van der Waals surface area contributed by atoms with Gasteiger partial charge in [0.15, 0.2) is 0 Å². The lowest BCUT2D eigenvalue weighted by atomic mass is 9.97. The predicted octanol–water partition coefficient (Wildman–Crippen LogP) is 0.163. The number of nitrogens with one attached hydrogen (secondary N) is 1. The molecule has 3 saturated heterocycles. The fourth-order valence-corrected chi connectivity index (χ4v) is 3.38. The molecular formula is C13H23N5. The Balaban J connectivity index is 1.84. The first-order valence-electron chi connectivity index (χ1n) is 6.99. The standard InChI is InChI=1S/C13H23N5/c1-3-18-11(4-5-15-18)13(14-2)12-10-16-6-8-17(12)9-7-16/h4-5,12-14H,3,6-10H2,1-2H3. The predicted molar refractivity (Wildman–Crippen MR) is 71.5 cm³/mol. The molecule has 5 heteroatoms. The molecule has 2 bridgehead atoms. The van der Waals surface area contributed by atoms with Crippen LogP contribution < -0.4 is 5.32 Å². The number of rotatable bonds is 4. The van der Waals surface area contributed by atoms with E-state index in [1.165, 1.54) is 38.4 Å². The Labute approximate surface area is 109 Å². The zero-order chi connectivity index (χ0) is 12.5. The van der Waals surface area contributed by atoms with Crippen molar-refractivity contribution in [2.24, 2.45) is 0 Å². The Hall–Kier alpha value is -0.910. The fraction of sp³-hybridized carbons (Fsp3) is 0.769. The molecule has 0 saturated carbocycles. The summed E-state index contributed by atoms with van der Waals surface area (Å²) in [4.78, 5) is 5.22. The first kappa shape index (κ1) is 12.1. The van der Waals surface area contributed by atoms with E-state index in [1.807, 2.05) is 6.20 Å². The molecule has 1 N–H and O–H groups in total. The molecule has 0 radical (unpaired) electrons. The van der Waals surface area contributed by atoms with Crippen molar-refractivity contribution in [1.29, 1.82) is 0 Å². The third-order valence-corrected chi connectivity index (χ3v) is 4.38. The summed E-state index contributed by atoms with van der Waals surface area (Å²) >= 11 is 0. The van der Waals surface area contributed by atoms with Crippen molar-refractivity contribution < 1.29 is 0 Å². The van der Waals surface area contributed by atoms with Gasteiger partial charge in [-0.15, -0.1) is 0 Å². The second-order valence-electron chi connectivity index (χ2n) is 5.24. The van der Waals surface area contributed by atoms with Gasteiger partial charge in [-0.25, -0.2) is 0 Å². The Morgan fingerprint density at radius 1 is 1.39 bits per heavy atom. The van der Waals surface area contributed by atoms with Gasteiger partial charge in [-0.2, -0.15) is 5.10 Å². The number of aromatic nitrogens is 2. The monoisotopic (exact) mass is 249 g/mol. The van der Waals surface area contributed by atoms with E-state index in [4.69, 9.17) is 0 Å². The first-order valence-corrected chi connectivity index (χ1v) is 6.99. The van der Waals surface area contributed by atoms with Gasteiger partial charge < -0.3 is 5.32 Å². The molecule has 0 spiro atoms. The molecule has 4 heterocycles. The van der Waals surface area contributed by atoms with Crippen molar-refractivity contribution in [3.05, 3.63) is 18.0 Å². The molecule has 1 aromatic heterocycles. The van der Waals surface area contributed by atoms with Crippen LogP contribution >= 0.6 is 0 Å². The van der Waals surface area contributed by atoms with Gasteiger partial charge in [0.05, 0.1) is 11.7 Å². The van der Waals surface area contributed by atoms with Crippen LogP contribution in [0.2, 0.25) is 0 Å². The van der Waals surface area contributed by atoms with Crippen molar-refractivity contribution in [3.63, 3.8) is 0 Å². The third-order valence-electron chi connectivity index (χ3n) is 4.38. The average Bonchev–Trinajstić information content (AvgIpc) is 2.89. The van der Waals surface area contributed by atoms with E-state index < -0.39 is 0 Å². The van der Waals surface area contributed by atoms with Gasteiger partial charge in [-0.05, 0) is 20.0 Å². The van der Waals surface area contributed by atoms with Crippen LogP contribution in [0.15, 0.2) is 12.3 Å². The minimum atomic E-state index is 0.385. The van der Waals surface area contributed by atoms with Crippen molar-refractivity contribution in [2.75, 3.05) is 39.8 Å². The molecule has 1 aromatic rings. The lowest BCUT2D eigenvalue weighted by molar-refractivity contribution is -0.00380. The number of piperazine rings is 3. The second kappa shape index (κ2) is 4.99. The van der Waals surface area contributed by atoms with Gasteiger partial charge in [-0.3, -0.25) is 14.5 Å². The summed E-state index contributed by atoms with van der Waals surface area (Å²) in [7, 11) is 2.07. The van der Waals surface area contributed by atoms with Crippen molar-refractivity contribution in [3.8, 4) is 0 Å². The van der Waals surface area contributed by atoms with Crippen LogP contribution in [-0.2, 0) is 6.54 Å². The van der Waals surface area contributed by atoms with Crippen LogP contribution in [0.3, 0.4) is 0 Å². The molecule has 3 aliphatic rings. The maximum atomic E-state index is 4.40. The summed E-state index contributed by atoms with van der Waals surface area (Å²) < 4.78 is 2.11. The van der Waals surface area contributed by atoms with E-state index in [9.17, 15) is 0 Å². The van der Waals surface area contributed by atoms with E-state index in [-0.39, 0.29) is 0 Å². The molecule has 0 amide bonds. The molecule has 3 aliphatic heterocycles. The highest BCUT2D eigenvalue weighted by atomic mass is 15.4. The summed E-state index contributed by atoms with van der Waals surface area (Å²) in [6.45, 7) is 9.17. The van der Waals surface area contributed by atoms with Crippen LogP contribution in [0.5, 0.6) is 0 Å². The molecular weight excluding hydrogens is 226 g/mol. The maximum absolute atomic E-state index is 4.40. The number of hydrogen-bond donors (Lipinski definition) is 1. The minimum absolute atomic E-state index is 0.385. The molecule has 100 valence electrons. The highest BCUT2D eigenvalue weighted by molar-refractivity contribution is 5.12. The summed E-state index contributed by atoms with van der Waals surface area (Å²) in [5, 5.41) is 7.91. The van der Waals surface area contributed by atoms with Gasteiger partial charge in [0.1, 0.15) is 0 Å². The largest absolute Gasteiger partial charge is 0.310 e. The lowest BCUT2D eigenvalue weighted by Gasteiger charge is -2.50.